The fraction of sp³-hybridized carbons (Fsp3) is 0.364. The summed E-state index contributed by atoms with van der Waals surface area (Å²) in [6.07, 6.45) is 2.23. The van der Waals surface area contributed by atoms with E-state index in [1.165, 1.54) is 0 Å². The van der Waals surface area contributed by atoms with Crippen LogP contribution in [0.1, 0.15) is 28.8 Å². The number of hydrogen-bond acceptors (Lipinski definition) is 2. The van der Waals surface area contributed by atoms with E-state index in [-0.39, 0.29) is 5.91 Å². The van der Waals surface area contributed by atoms with Crippen molar-refractivity contribution in [3.63, 3.8) is 0 Å². The van der Waals surface area contributed by atoms with Crippen LogP contribution in [0.3, 0.4) is 0 Å². The molecule has 1 aliphatic heterocycles. The first kappa shape index (κ1) is 9.24. The molecule has 1 aromatic rings. The summed E-state index contributed by atoms with van der Waals surface area (Å²) in [6, 6.07) is 5.74. The Morgan fingerprint density at radius 3 is 2.94 bits per heavy atom. The van der Waals surface area contributed by atoms with Gasteiger partial charge in [0.05, 0.1) is 0 Å². The molecular weight excluding hydrogens is 204 g/mol. The minimum atomic E-state index is 0.0764. The van der Waals surface area contributed by atoms with Gasteiger partial charge in [-0.3, -0.25) is 4.79 Å². The first-order valence-electron chi connectivity index (χ1n) is 5.28. The molecule has 5 heteroatoms. The van der Waals surface area contributed by atoms with Gasteiger partial charge < -0.3 is 4.90 Å². The molecule has 0 radical (unpaired) electrons. The maximum absolute atomic E-state index is 12.0. The predicted octanol–water partition coefficient (Wildman–Crippen LogP) is 2.75. The molecule has 1 heterocycles. The van der Waals surface area contributed by atoms with Gasteiger partial charge in [-0.15, -0.1) is 0 Å². The summed E-state index contributed by atoms with van der Waals surface area (Å²) in [6.45, 7) is 0.704. The number of amides is 1. The van der Waals surface area contributed by atoms with Gasteiger partial charge in [0, 0.05) is 28.7 Å². The Balaban J connectivity index is 1.99. The molecule has 0 bridgehead atoms. The molecular formula is C11H10N4O. The molecule has 0 spiro atoms. The first-order chi connectivity index (χ1) is 7.79. The standard InChI is InChI=1S/C11H10N4O/c12-14-13-8-2-1-7-6-15(9-3-4-9)11(16)10(7)5-8/h1-2,5,9H,3-4,6H2. The number of azide groups is 1. The van der Waals surface area contributed by atoms with Gasteiger partial charge >= 0.3 is 0 Å². The Morgan fingerprint density at radius 2 is 2.25 bits per heavy atom. The van der Waals surface area contributed by atoms with Crippen LogP contribution in [-0.2, 0) is 6.54 Å². The van der Waals surface area contributed by atoms with Gasteiger partial charge in [-0.2, -0.15) is 0 Å². The number of hydrogen-bond donors (Lipinski definition) is 0. The Hall–Kier alpha value is -2.00. The molecule has 2 aliphatic rings. The van der Waals surface area contributed by atoms with E-state index in [4.69, 9.17) is 5.53 Å². The predicted molar refractivity (Wildman–Crippen MR) is 58.1 cm³/mol. The highest BCUT2D eigenvalue weighted by atomic mass is 16.2. The summed E-state index contributed by atoms with van der Waals surface area (Å²) in [5.41, 5.74) is 10.6. The number of benzene rings is 1. The van der Waals surface area contributed by atoms with Gasteiger partial charge in [0.25, 0.3) is 5.91 Å². The largest absolute Gasteiger partial charge is 0.331 e. The monoisotopic (exact) mass is 214 g/mol. The highest BCUT2D eigenvalue weighted by Crippen LogP contribution is 2.35. The fourth-order valence-corrected chi connectivity index (χ4v) is 2.11. The van der Waals surface area contributed by atoms with Crippen molar-refractivity contribution >= 4 is 11.6 Å². The molecule has 1 amide bonds. The van der Waals surface area contributed by atoms with Gasteiger partial charge in [-0.1, -0.05) is 17.2 Å². The quantitative estimate of drug-likeness (QED) is 0.424. The van der Waals surface area contributed by atoms with Crippen molar-refractivity contribution < 1.29 is 4.79 Å². The smallest absolute Gasteiger partial charge is 0.254 e. The summed E-state index contributed by atoms with van der Waals surface area (Å²) in [4.78, 5) is 16.7. The molecule has 0 saturated heterocycles. The normalized spacial score (nSPS) is 18.2. The van der Waals surface area contributed by atoms with E-state index >= 15 is 0 Å². The zero-order chi connectivity index (χ0) is 11.1. The van der Waals surface area contributed by atoms with E-state index in [2.05, 4.69) is 10.0 Å². The summed E-state index contributed by atoms with van der Waals surface area (Å²) < 4.78 is 0. The van der Waals surface area contributed by atoms with Gasteiger partial charge in [0.2, 0.25) is 0 Å². The second-order valence-electron chi connectivity index (χ2n) is 4.20. The molecule has 1 fully saturated rings. The number of nitrogens with zero attached hydrogens (tertiary/aromatic N) is 4. The minimum absolute atomic E-state index is 0.0764. The molecule has 0 unspecified atom stereocenters. The Morgan fingerprint density at radius 1 is 1.44 bits per heavy atom. The van der Waals surface area contributed by atoms with Crippen molar-refractivity contribution in [1.82, 2.24) is 4.90 Å². The van der Waals surface area contributed by atoms with E-state index in [9.17, 15) is 4.79 Å². The summed E-state index contributed by atoms with van der Waals surface area (Å²) in [5, 5.41) is 3.51. The van der Waals surface area contributed by atoms with Gasteiger partial charge in [0.1, 0.15) is 0 Å². The number of fused-ring (bicyclic) bond motifs is 1. The second kappa shape index (κ2) is 3.25. The van der Waals surface area contributed by atoms with E-state index in [1.54, 1.807) is 12.1 Å². The van der Waals surface area contributed by atoms with Gasteiger partial charge in [-0.05, 0) is 30.0 Å². The average molecular weight is 214 g/mol. The van der Waals surface area contributed by atoms with Crippen LogP contribution in [0.2, 0.25) is 0 Å². The van der Waals surface area contributed by atoms with Crippen LogP contribution in [0.15, 0.2) is 23.3 Å². The lowest BCUT2D eigenvalue weighted by molar-refractivity contribution is 0.0766. The van der Waals surface area contributed by atoms with Crippen molar-refractivity contribution in [2.75, 3.05) is 0 Å². The van der Waals surface area contributed by atoms with Crippen LogP contribution in [0.25, 0.3) is 10.4 Å². The molecule has 1 aromatic carbocycles. The molecule has 5 nitrogen and oxygen atoms in total. The fourth-order valence-electron chi connectivity index (χ4n) is 2.11. The lowest BCUT2D eigenvalue weighted by Gasteiger charge is -2.13. The average Bonchev–Trinajstić information content (AvgIpc) is 3.07. The summed E-state index contributed by atoms with van der Waals surface area (Å²) in [7, 11) is 0. The summed E-state index contributed by atoms with van der Waals surface area (Å²) in [5.74, 6) is 0.0764. The topological polar surface area (TPSA) is 69.1 Å². The van der Waals surface area contributed by atoms with Crippen LogP contribution >= 0.6 is 0 Å². The molecule has 1 aliphatic carbocycles. The maximum Gasteiger partial charge on any atom is 0.254 e. The molecule has 80 valence electrons. The summed E-state index contributed by atoms with van der Waals surface area (Å²) >= 11 is 0. The third-order valence-corrected chi connectivity index (χ3v) is 3.07. The number of rotatable bonds is 2. The third-order valence-electron chi connectivity index (χ3n) is 3.07. The van der Waals surface area contributed by atoms with Gasteiger partial charge in [-0.25, -0.2) is 0 Å². The molecule has 0 N–H and O–H groups in total. The second-order valence-corrected chi connectivity index (χ2v) is 4.20. The Kier molecular flexibility index (Phi) is 1.88. The SMILES string of the molecule is [N-]=[N+]=Nc1ccc2c(c1)C(=O)N(C1CC1)C2. The molecule has 1 saturated carbocycles. The Labute approximate surface area is 92.3 Å². The van der Waals surface area contributed by atoms with Crippen LogP contribution in [0, 0.1) is 0 Å². The van der Waals surface area contributed by atoms with Crippen molar-refractivity contribution in [3.8, 4) is 0 Å². The van der Waals surface area contributed by atoms with Crippen LogP contribution in [0.5, 0.6) is 0 Å². The van der Waals surface area contributed by atoms with Crippen molar-refractivity contribution in [2.45, 2.75) is 25.4 Å². The first-order valence-corrected chi connectivity index (χ1v) is 5.28. The van der Waals surface area contributed by atoms with E-state index in [1.807, 2.05) is 11.0 Å². The molecule has 16 heavy (non-hydrogen) atoms. The third kappa shape index (κ3) is 1.33. The lowest BCUT2D eigenvalue weighted by Crippen LogP contribution is -2.25. The minimum Gasteiger partial charge on any atom is -0.331 e. The van der Waals surface area contributed by atoms with E-state index < -0.39 is 0 Å². The number of carbonyl (C=O) groups excluding carboxylic acids is 1. The molecule has 0 atom stereocenters. The van der Waals surface area contributed by atoms with Gasteiger partial charge in [0.15, 0.2) is 0 Å². The zero-order valence-corrected chi connectivity index (χ0v) is 8.63. The number of carbonyl (C=O) groups is 1. The maximum atomic E-state index is 12.0. The van der Waals surface area contributed by atoms with Crippen molar-refractivity contribution in [2.24, 2.45) is 5.11 Å². The lowest BCUT2D eigenvalue weighted by atomic mass is 10.1. The highest BCUT2D eigenvalue weighted by Gasteiger charge is 2.38. The van der Waals surface area contributed by atoms with Crippen molar-refractivity contribution in [3.05, 3.63) is 39.8 Å². The Bertz CT molecular complexity index is 515. The highest BCUT2D eigenvalue weighted by molar-refractivity contribution is 5.99. The van der Waals surface area contributed by atoms with E-state index in [0.717, 1.165) is 18.4 Å². The van der Waals surface area contributed by atoms with Crippen LogP contribution < -0.4 is 0 Å². The van der Waals surface area contributed by atoms with Crippen molar-refractivity contribution in [1.29, 1.82) is 0 Å². The van der Waals surface area contributed by atoms with Crippen LogP contribution in [0.4, 0.5) is 5.69 Å². The molecule has 0 aromatic heterocycles. The molecule has 3 rings (SSSR count). The zero-order valence-electron chi connectivity index (χ0n) is 8.63. The van der Waals surface area contributed by atoms with E-state index in [0.29, 0.717) is 23.8 Å². The van der Waals surface area contributed by atoms with Crippen LogP contribution in [-0.4, -0.2) is 16.8 Å².